The molecule has 0 bridgehead atoms. The van der Waals surface area contributed by atoms with Crippen molar-refractivity contribution in [2.75, 3.05) is 50.3 Å². The second-order valence-electron chi connectivity index (χ2n) is 8.44. The summed E-state index contributed by atoms with van der Waals surface area (Å²) >= 11 is 6.22. The molecule has 0 spiro atoms. The number of benzene rings is 2. The average molecular weight is 498 g/mol. The van der Waals surface area contributed by atoms with Gasteiger partial charge >= 0.3 is 0 Å². The van der Waals surface area contributed by atoms with Crippen molar-refractivity contribution in [2.24, 2.45) is 0 Å². The molecule has 8 nitrogen and oxygen atoms in total. The van der Waals surface area contributed by atoms with E-state index in [0.29, 0.717) is 13.1 Å². The highest BCUT2D eigenvalue weighted by Gasteiger charge is 2.19. The van der Waals surface area contributed by atoms with Crippen LogP contribution in [0.2, 0.25) is 5.15 Å². The topological polar surface area (TPSA) is 99.4 Å². The lowest BCUT2D eigenvalue weighted by Gasteiger charge is -2.34. The molecule has 35 heavy (non-hydrogen) atoms. The van der Waals surface area contributed by atoms with Gasteiger partial charge in [0.2, 0.25) is 0 Å². The molecule has 1 fully saturated rings. The Bertz CT molecular complexity index is 1120. The first-order chi connectivity index (χ1) is 17.0. The van der Waals surface area contributed by atoms with Gasteiger partial charge in [0.1, 0.15) is 5.82 Å². The molecule has 10 heteroatoms. The van der Waals surface area contributed by atoms with E-state index in [0.717, 1.165) is 44.8 Å². The number of carbonyl (C=O) groups excluding carboxylic acids is 1. The van der Waals surface area contributed by atoms with Crippen molar-refractivity contribution < 1.29 is 9.18 Å². The second-order valence-corrected chi connectivity index (χ2v) is 8.79. The Kier molecular flexibility index (Phi) is 8.46. The molecule has 1 amide bonds. The molecule has 1 aromatic heterocycles. The molecule has 0 saturated carbocycles. The smallest absolute Gasteiger partial charge is 0.273 e. The summed E-state index contributed by atoms with van der Waals surface area (Å²) in [4.78, 5) is 25.7. The van der Waals surface area contributed by atoms with E-state index in [-0.39, 0.29) is 28.3 Å². The van der Waals surface area contributed by atoms with Crippen LogP contribution in [-0.2, 0) is 13.1 Å². The maximum absolute atomic E-state index is 13.0. The molecular formula is C25H29ClFN7O. The van der Waals surface area contributed by atoms with Gasteiger partial charge in [-0.05, 0) is 23.3 Å². The average Bonchev–Trinajstić information content (AvgIpc) is 2.87. The molecule has 0 radical (unpaired) electrons. The van der Waals surface area contributed by atoms with Crippen molar-refractivity contribution in [3.8, 4) is 0 Å². The first kappa shape index (κ1) is 24.8. The Labute approximate surface area is 209 Å². The van der Waals surface area contributed by atoms with Gasteiger partial charge in [-0.15, -0.1) is 0 Å². The van der Waals surface area contributed by atoms with Crippen LogP contribution in [0.15, 0.2) is 54.6 Å². The third-order valence-electron chi connectivity index (χ3n) is 5.90. The Hall–Kier alpha value is -3.27. The fraction of sp³-hybridized carbons (Fsp3) is 0.320. The van der Waals surface area contributed by atoms with E-state index in [1.54, 1.807) is 12.1 Å². The largest absolute Gasteiger partial charge is 0.382 e. The zero-order valence-corrected chi connectivity index (χ0v) is 20.1. The molecule has 4 rings (SSSR count). The highest BCUT2D eigenvalue weighted by Crippen LogP contribution is 2.21. The van der Waals surface area contributed by atoms with Crippen molar-refractivity contribution in [1.82, 2.24) is 25.1 Å². The fourth-order valence-electron chi connectivity index (χ4n) is 3.92. The molecule has 0 atom stereocenters. The molecule has 0 unspecified atom stereocenters. The normalized spacial score (nSPS) is 14.6. The molecule has 1 aliphatic rings. The van der Waals surface area contributed by atoms with Crippen molar-refractivity contribution in [3.63, 3.8) is 0 Å². The van der Waals surface area contributed by atoms with Crippen LogP contribution >= 0.6 is 11.6 Å². The number of nitrogens with two attached hydrogens (primary N) is 1. The summed E-state index contributed by atoms with van der Waals surface area (Å²) in [5.41, 5.74) is 8.13. The number of piperazine rings is 1. The highest BCUT2D eigenvalue weighted by atomic mass is 35.5. The molecule has 1 saturated heterocycles. The van der Waals surface area contributed by atoms with Gasteiger partial charge in [0.25, 0.3) is 5.91 Å². The minimum atomic E-state index is -0.412. The van der Waals surface area contributed by atoms with Crippen LogP contribution in [0, 0.1) is 5.82 Å². The van der Waals surface area contributed by atoms with E-state index in [9.17, 15) is 9.18 Å². The summed E-state index contributed by atoms with van der Waals surface area (Å²) in [6, 6.07) is 16.5. The first-order valence-electron chi connectivity index (χ1n) is 11.6. The predicted octanol–water partition coefficient (Wildman–Crippen LogP) is 3.01. The van der Waals surface area contributed by atoms with Gasteiger partial charge in [0.15, 0.2) is 22.5 Å². The molecule has 2 aromatic carbocycles. The lowest BCUT2D eigenvalue weighted by Crippen LogP contribution is -2.48. The lowest BCUT2D eigenvalue weighted by atomic mass is 10.2. The standard InChI is InChI=1S/C25H29ClFN7O/c26-22-24(30-16-18-6-8-20(27)9-7-18)32-23(28)21(31-22)25(35)29-10-11-33-12-14-34(15-13-33)17-19-4-2-1-3-5-19/h1-9H,10-17H2,(H,29,35)(H3,28,30,32). The Morgan fingerprint density at radius 2 is 1.66 bits per heavy atom. The van der Waals surface area contributed by atoms with Gasteiger partial charge in [-0.2, -0.15) is 0 Å². The Morgan fingerprint density at radius 1 is 0.971 bits per heavy atom. The Balaban J connectivity index is 1.21. The van der Waals surface area contributed by atoms with Crippen LogP contribution in [0.4, 0.5) is 16.0 Å². The lowest BCUT2D eigenvalue weighted by molar-refractivity contribution is 0.0930. The minimum Gasteiger partial charge on any atom is -0.382 e. The van der Waals surface area contributed by atoms with Gasteiger partial charge in [-0.3, -0.25) is 14.6 Å². The summed E-state index contributed by atoms with van der Waals surface area (Å²) in [5, 5.41) is 5.91. The van der Waals surface area contributed by atoms with Crippen molar-refractivity contribution in [2.45, 2.75) is 13.1 Å². The van der Waals surface area contributed by atoms with Crippen molar-refractivity contribution in [1.29, 1.82) is 0 Å². The summed E-state index contributed by atoms with van der Waals surface area (Å²) in [6.45, 7) is 6.41. The number of nitrogens with zero attached hydrogens (tertiary/aromatic N) is 4. The van der Waals surface area contributed by atoms with Crippen LogP contribution in [-0.4, -0.2) is 64.9 Å². The third kappa shape index (κ3) is 7.11. The number of hydrogen-bond donors (Lipinski definition) is 3. The number of hydrogen-bond acceptors (Lipinski definition) is 7. The summed E-state index contributed by atoms with van der Waals surface area (Å²) < 4.78 is 13.0. The van der Waals surface area contributed by atoms with E-state index in [2.05, 4.69) is 54.7 Å². The number of nitrogen functional groups attached to an aromatic ring is 1. The van der Waals surface area contributed by atoms with Crippen LogP contribution in [0.25, 0.3) is 0 Å². The Morgan fingerprint density at radius 3 is 2.37 bits per heavy atom. The van der Waals surface area contributed by atoms with E-state index in [1.807, 2.05) is 6.07 Å². The van der Waals surface area contributed by atoms with Crippen LogP contribution in [0.3, 0.4) is 0 Å². The van der Waals surface area contributed by atoms with E-state index in [4.69, 9.17) is 17.3 Å². The minimum absolute atomic E-state index is 0.00462. The van der Waals surface area contributed by atoms with Gasteiger partial charge in [-0.25, -0.2) is 14.4 Å². The molecule has 184 valence electrons. The van der Waals surface area contributed by atoms with Crippen LogP contribution < -0.4 is 16.4 Å². The predicted molar refractivity (Wildman–Crippen MR) is 136 cm³/mol. The zero-order chi connectivity index (χ0) is 24.6. The molecular weight excluding hydrogens is 469 g/mol. The fourth-order valence-corrected chi connectivity index (χ4v) is 4.11. The number of nitrogens with one attached hydrogen (secondary N) is 2. The van der Waals surface area contributed by atoms with E-state index < -0.39 is 5.91 Å². The second kappa shape index (κ2) is 11.9. The molecule has 3 aromatic rings. The molecule has 0 aliphatic carbocycles. The molecule has 1 aliphatic heterocycles. The molecule has 4 N–H and O–H groups in total. The summed E-state index contributed by atoms with van der Waals surface area (Å²) in [5.74, 6) is -0.470. The van der Waals surface area contributed by atoms with E-state index >= 15 is 0 Å². The first-order valence-corrected chi connectivity index (χ1v) is 11.9. The third-order valence-corrected chi connectivity index (χ3v) is 6.16. The van der Waals surface area contributed by atoms with Crippen molar-refractivity contribution >= 4 is 29.1 Å². The SMILES string of the molecule is Nc1nc(NCc2ccc(F)cc2)c(Cl)nc1C(=O)NCCN1CCN(Cc2ccccc2)CC1. The number of carbonyl (C=O) groups is 1. The summed E-state index contributed by atoms with van der Waals surface area (Å²) in [7, 11) is 0. The summed E-state index contributed by atoms with van der Waals surface area (Å²) in [6.07, 6.45) is 0. The van der Waals surface area contributed by atoms with Gasteiger partial charge in [0, 0.05) is 52.4 Å². The van der Waals surface area contributed by atoms with E-state index in [1.165, 1.54) is 17.7 Å². The highest BCUT2D eigenvalue weighted by molar-refractivity contribution is 6.32. The quantitative estimate of drug-likeness (QED) is 0.418. The van der Waals surface area contributed by atoms with Crippen molar-refractivity contribution in [3.05, 3.63) is 82.4 Å². The van der Waals surface area contributed by atoms with Gasteiger partial charge < -0.3 is 16.4 Å². The monoisotopic (exact) mass is 497 g/mol. The number of aromatic nitrogens is 2. The van der Waals surface area contributed by atoms with Crippen LogP contribution in [0.1, 0.15) is 21.6 Å². The number of anilines is 2. The van der Waals surface area contributed by atoms with Gasteiger partial charge in [-0.1, -0.05) is 54.1 Å². The maximum Gasteiger partial charge on any atom is 0.273 e. The molecule has 2 heterocycles. The number of amides is 1. The number of rotatable bonds is 9. The van der Waals surface area contributed by atoms with Crippen LogP contribution in [0.5, 0.6) is 0 Å². The zero-order valence-electron chi connectivity index (χ0n) is 19.4. The van der Waals surface area contributed by atoms with Gasteiger partial charge in [0.05, 0.1) is 0 Å². The maximum atomic E-state index is 13.0. The number of halogens is 2.